The summed E-state index contributed by atoms with van der Waals surface area (Å²) in [5.41, 5.74) is 0. The molecule has 1 aliphatic heterocycles. The first-order valence-corrected chi connectivity index (χ1v) is 3.03. The van der Waals surface area contributed by atoms with Gasteiger partial charge in [-0.05, 0) is 0 Å². The molecule has 45 valence electrons. The van der Waals surface area contributed by atoms with Gasteiger partial charge in [0.05, 0.1) is 12.1 Å². The van der Waals surface area contributed by atoms with E-state index in [4.69, 9.17) is 0 Å². The Balaban J connectivity index is 2.25. The molecule has 0 aromatic rings. The predicted molar refractivity (Wildman–Crippen MR) is 38.0 cm³/mol. The fourth-order valence-corrected chi connectivity index (χ4v) is 1.07. The zero-order chi connectivity index (χ0) is 6.10. The highest BCUT2D eigenvalue weighted by Crippen LogP contribution is 2.17. The van der Waals surface area contributed by atoms with E-state index in [9.17, 15) is 0 Å². The molecule has 2 aliphatic rings. The summed E-state index contributed by atoms with van der Waals surface area (Å²) in [5, 5.41) is 0. The summed E-state index contributed by atoms with van der Waals surface area (Å²) in [6.07, 6.45) is 9.67. The van der Waals surface area contributed by atoms with Crippen LogP contribution in [0.3, 0.4) is 0 Å². The number of nitrogens with zero attached hydrogens (tertiary/aromatic N) is 2. The summed E-state index contributed by atoms with van der Waals surface area (Å²) >= 11 is 0. The van der Waals surface area contributed by atoms with E-state index in [1.807, 2.05) is 6.08 Å². The lowest BCUT2D eigenvalue weighted by molar-refractivity contribution is 0.712. The average molecular weight is 119 g/mol. The van der Waals surface area contributed by atoms with Crippen molar-refractivity contribution in [2.45, 2.75) is 12.1 Å². The molecule has 0 aromatic heterocycles. The van der Waals surface area contributed by atoms with Gasteiger partial charge in [-0.1, -0.05) is 12.2 Å². The zero-order valence-electron chi connectivity index (χ0n) is 4.94. The molecule has 1 heterocycles. The van der Waals surface area contributed by atoms with Gasteiger partial charge in [-0.15, -0.1) is 0 Å². The zero-order valence-corrected chi connectivity index (χ0v) is 4.94. The van der Waals surface area contributed by atoms with E-state index in [-0.39, 0.29) is 0 Å². The fraction of sp³-hybridized carbons (Fsp3) is 0.286. The van der Waals surface area contributed by atoms with Crippen LogP contribution in [0.5, 0.6) is 0 Å². The van der Waals surface area contributed by atoms with Crippen molar-refractivity contribution in [3.8, 4) is 0 Å². The SMILES string of the molecule is [CH]1C=CC2N=CC=NC12. The van der Waals surface area contributed by atoms with Crippen molar-refractivity contribution >= 4 is 12.4 Å². The minimum absolute atomic E-state index is 0.301. The lowest BCUT2D eigenvalue weighted by Gasteiger charge is -2.11. The summed E-state index contributed by atoms with van der Waals surface area (Å²) in [5.74, 6) is 0. The Morgan fingerprint density at radius 2 is 1.78 bits per heavy atom. The maximum Gasteiger partial charge on any atom is 0.0910 e. The number of fused-ring (bicyclic) bond motifs is 1. The van der Waals surface area contributed by atoms with Crippen LogP contribution in [-0.4, -0.2) is 24.5 Å². The molecule has 2 heteroatoms. The van der Waals surface area contributed by atoms with Crippen LogP contribution in [0, 0.1) is 6.42 Å². The van der Waals surface area contributed by atoms with Crippen molar-refractivity contribution in [3.05, 3.63) is 18.6 Å². The van der Waals surface area contributed by atoms with Crippen LogP contribution in [0.1, 0.15) is 0 Å². The number of rotatable bonds is 0. The fourth-order valence-electron chi connectivity index (χ4n) is 1.07. The van der Waals surface area contributed by atoms with Crippen LogP contribution in [0.4, 0.5) is 0 Å². The summed E-state index contributed by atoms with van der Waals surface area (Å²) in [6, 6.07) is 0.602. The van der Waals surface area contributed by atoms with Gasteiger partial charge in [0.15, 0.2) is 0 Å². The van der Waals surface area contributed by atoms with E-state index in [2.05, 4.69) is 22.5 Å². The summed E-state index contributed by atoms with van der Waals surface area (Å²) in [6.45, 7) is 0. The minimum atomic E-state index is 0.301. The third kappa shape index (κ3) is 0.707. The number of hydrogen-bond donors (Lipinski definition) is 0. The van der Waals surface area contributed by atoms with Crippen molar-refractivity contribution in [3.63, 3.8) is 0 Å². The highest BCUT2D eigenvalue weighted by Gasteiger charge is 2.21. The van der Waals surface area contributed by atoms with Crippen molar-refractivity contribution in [1.29, 1.82) is 0 Å². The first-order chi connectivity index (χ1) is 4.47. The second-order valence-electron chi connectivity index (χ2n) is 2.15. The quantitative estimate of drug-likeness (QED) is 0.447. The molecule has 0 bridgehead atoms. The van der Waals surface area contributed by atoms with Gasteiger partial charge in [0, 0.05) is 18.9 Å². The Hall–Kier alpha value is -0.920. The maximum absolute atomic E-state index is 4.20. The Bertz CT molecular complexity index is 191. The van der Waals surface area contributed by atoms with Crippen LogP contribution in [0.25, 0.3) is 0 Å². The molecule has 0 fully saturated rings. The maximum atomic E-state index is 4.20. The Morgan fingerprint density at radius 1 is 1.00 bits per heavy atom. The topological polar surface area (TPSA) is 24.7 Å². The summed E-state index contributed by atoms with van der Waals surface area (Å²) in [4.78, 5) is 8.40. The Labute approximate surface area is 54.0 Å². The van der Waals surface area contributed by atoms with Crippen molar-refractivity contribution < 1.29 is 0 Å². The van der Waals surface area contributed by atoms with Crippen molar-refractivity contribution in [2.75, 3.05) is 0 Å². The van der Waals surface area contributed by atoms with E-state index in [1.165, 1.54) is 0 Å². The molecule has 0 saturated heterocycles. The van der Waals surface area contributed by atoms with Crippen LogP contribution in [0.2, 0.25) is 0 Å². The first kappa shape index (κ1) is 4.91. The molecule has 0 aromatic carbocycles. The van der Waals surface area contributed by atoms with Gasteiger partial charge in [-0.2, -0.15) is 0 Å². The van der Waals surface area contributed by atoms with E-state index in [0.717, 1.165) is 0 Å². The lowest BCUT2D eigenvalue weighted by Crippen LogP contribution is -2.19. The van der Waals surface area contributed by atoms with Crippen LogP contribution in [0.15, 0.2) is 22.1 Å². The average Bonchev–Trinajstić information content (AvgIpc) is 2.33. The molecule has 2 nitrogen and oxygen atoms in total. The molecule has 2 atom stereocenters. The highest BCUT2D eigenvalue weighted by molar-refractivity contribution is 6.16. The molecule has 2 rings (SSSR count). The lowest BCUT2D eigenvalue weighted by atomic mass is 10.2. The monoisotopic (exact) mass is 119 g/mol. The number of hydrogen-bond acceptors (Lipinski definition) is 2. The van der Waals surface area contributed by atoms with E-state index < -0.39 is 0 Å². The second-order valence-corrected chi connectivity index (χ2v) is 2.15. The van der Waals surface area contributed by atoms with Gasteiger partial charge in [-0.3, -0.25) is 9.98 Å². The molecule has 0 amide bonds. The molecule has 9 heavy (non-hydrogen) atoms. The molecular weight excluding hydrogens is 112 g/mol. The van der Waals surface area contributed by atoms with Crippen LogP contribution >= 0.6 is 0 Å². The predicted octanol–water partition coefficient (Wildman–Crippen LogP) is 0.653. The first-order valence-electron chi connectivity index (χ1n) is 3.03. The van der Waals surface area contributed by atoms with E-state index >= 15 is 0 Å². The largest absolute Gasteiger partial charge is 0.285 e. The summed E-state index contributed by atoms with van der Waals surface area (Å²) < 4.78 is 0. The van der Waals surface area contributed by atoms with Gasteiger partial charge in [0.25, 0.3) is 0 Å². The number of aliphatic imine (C=N–C) groups is 2. The third-order valence-electron chi connectivity index (χ3n) is 1.55. The molecule has 1 aliphatic carbocycles. The molecular formula is C7H7N2. The Kier molecular flexibility index (Phi) is 0.979. The molecule has 2 unspecified atom stereocenters. The van der Waals surface area contributed by atoms with Crippen LogP contribution < -0.4 is 0 Å². The normalized spacial score (nSPS) is 37.3. The van der Waals surface area contributed by atoms with Gasteiger partial charge < -0.3 is 0 Å². The minimum Gasteiger partial charge on any atom is -0.285 e. The van der Waals surface area contributed by atoms with Crippen LogP contribution in [-0.2, 0) is 0 Å². The van der Waals surface area contributed by atoms with Gasteiger partial charge in [0.1, 0.15) is 0 Å². The summed E-state index contributed by atoms with van der Waals surface area (Å²) in [7, 11) is 0. The standard InChI is InChI=1S/C7H7N2/c1-2-6-7(3-1)9-5-4-8-6/h1-7H. The molecule has 0 spiro atoms. The van der Waals surface area contributed by atoms with Gasteiger partial charge >= 0.3 is 0 Å². The molecule has 0 saturated carbocycles. The molecule has 1 radical (unpaired) electrons. The smallest absolute Gasteiger partial charge is 0.0910 e. The van der Waals surface area contributed by atoms with Crippen molar-refractivity contribution in [1.82, 2.24) is 0 Å². The second kappa shape index (κ2) is 1.79. The Morgan fingerprint density at radius 3 is 2.56 bits per heavy atom. The van der Waals surface area contributed by atoms with Gasteiger partial charge in [0.2, 0.25) is 0 Å². The van der Waals surface area contributed by atoms with E-state index in [1.54, 1.807) is 12.4 Å². The van der Waals surface area contributed by atoms with E-state index in [0.29, 0.717) is 12.1 Å². The molecule has 0 N–H and O–H groups in total. The highest BCUT2D eigenvalue weighted by atomic mass is 14.9. The van der Waals surface area contributed by atoms with Crippen molar-refractivity contribution in [2.24, 2.45) is 9.98 Å². The van der Waals surface area contributed by atoms with Gasteiger partial charge in [-0.25, -0.2) is 0 Å². The third-order valence-corrected chi connectivity index (χ3v) is 1.55.